The van der Waals surface area contributed by atoms with E-state index in [2.05, 4.69) is 25.0 Å². The minimum absolute atomic E-state index is 0.00793. The number of hydrogen-bond acceptors (Lipinski definition) is 6. The van der Waals surface area contributed by atoms with Crippen LogP contribution in [0.5, 0.6) is 0 Å². The maximum atomic E-state index is 12.8. The third-order valence-electron chi connectivity index (χ3n) is 5.67. The maximum absolute atomic E-state index is 12.8. The van der Waals surface area contributed by atoms with Crippen LogP contribution in [-0.2, 0) is 11.3 Å². The maximum Gasteiger partial charge on any atom is 0.224 e. The number of amides is 1. The lowest BCUT2D eigenvalue weighted by atomic mass is 10.1. The molecule has 2 aromatic carbocycles. The van der Waals surface area contributed by atoms with Crippen molar-refractivity contribution in [3.63, 3.8) is 0 Å². The fourth-order valence-electron chi connectivity index (χ4n) is 3.85. The van der Waals surface area contributed by atoms with Crippen LogP contribution in [0.15, 0.2) is 59.8 Å². The van der Waals surface area contributed by atoms with E-state index in [1.54, 1.807) is 31.2 Å². The molecule has 2 heterocycles. The molecule has 1 saturated heterocycles. The van der Waals surface area contributed by atoms with Crippen molar-refractivity contribution < 1.29 is 9.59 Å². The molecule has 172 valence electrons. The van der Waals surface area contributed by atoms with Gasteiger partial charge in [-0.2, -0.15) is 0 Å². The molecule has 33 heavy (non-hydrogen) atoms. The molecule has 1 aliphatic rings. The standard InChI is InChI=1S/C25H29N5O2S/c1-2-24(32)26-20-13-11-19(12-14-20)22(31)18-33-25-28-27-23(17-29-15-7-4-8-16-29)30(25)21-9-5-3-6-10-21/h3,5-6,9-14H,2,4,7-8,15-18H2,1H3,(H,26,32). The van der Waals surface area contributed by atoms with Gasteiger partial charge < -0.3 is 5.32 Å². The summed E-state index contributed by atoms with van der Waals surface area (Å²) in [5.74, 6) is 1.11. The zero-order valence-electron chi connectivity index (χ0n) is 18.9. The summed E-state index contributed by atoms with van der Waals surface area (Å²) in [7, 11) is 0. The van der Waals surface area contributed by atoms with Gasteiger partial charge in [-0.1, -0.05) is 43.3 Å². The molecule has 0 saturated carbocycles. The number of anilines is 1. The van der Waals surface area contributed by atoms with E-state index in [1.165, 1.54) is 31.0 Å². The number of aromatic nitrogens is 3. The van der Waals surface area contributed by atoms with Crippen molar-refractivity contribution in [3.05, 3.63) is 66.0 Å². The van der Waals surface area contributed by atoms with E-state index in [0.29, 0.717) is 22.8 Å². The molecule has 0 aliphatic carbocycles. The number of thioether (sulfide) groups is 1. The first-order valence-electron chi connectivity index (χ1n) is 11.4. The fourth-order valence-corrected chi connectivity index (χ4v) is 4.72. The largest absolute Gasteiger partial charge is 0.326 e. The minimum Gasteiger partial charge on any atom is -0.326 e. The minimum atomic E-state index is -0.0507. The second kappa shape index (κ2) is 11.2. The smallest absolute Gasteiger partial charge is 0.224 e. The molecular formula is C25H29N5O2S. The van der Waals surface area contributed by atoms with E-state index in [0.717, 1.165) is 31.1 Å². The van der Waals surface area contributed by atoms with Crippen LogP contribution in [0, 0.1) is 0 Å². The molecule has 4 rings (SSSR count). The van der Waals surface area contributed by atoms with Gasteiger partial charge in [0.25, 0.3) is 0 Å². The topological polar surface area (TPSA) is 80.1 Å². The highest BCUT2D eigenvalue weighted by Gasteiger charge is 2.19. The highest BCUT2D eigenvalue weighted by molar-refractivity contribution is 7.99. The van der Waals surface area contributed by atoms with Gasteiger partial charge in [0, 0.05) is 23.4 Å². The Morgan fingerprint density at radius 3 is 2.39 bits per heavy atom. The molecule has 0 radical (unpaired) electrons. The number of ketones is 1. The normalized spacial score (nSPS) is 14.2. The first-order chi connectivity index (χ1) is 16.1. The summed E-state index contributed by atoms with van der Waals surface area (Å²) in [6.45, 7) is 4.71. The molecule has 1 amide bonds. The van der Waals surface area contributed by atoms with Crippen LogP contribution in [0.25, 0.3) is 5.69 Å². The highest BCUT2D eigenvalue weighted by atomic mass is 32.2. The van der Waals surface area contributed by atoms with Crippen LogP contribution in [0.2, 0.25) is 0 Å². The fraction of sp³-hybridized carbons (Fsp3) is 0.360. The average Bonchev–Trinajstić information content (AvgIpc) is 3.26. The molecule has 0 unspecified atom stereocenters. The van der Waals surface area contributed by atoms with Gasteiger partial charge >= 0.3 is 0 Å². The number of Topliss-reactive ketones (excluding diaryl/α,β-unsaturated/α-hetero) is 1. The number of carbonyl (C=O) groups is 2. The van der Waals surface area contributed by atoms with Crippen LogP contribution < -0.4 is 5.32 Å². The van der Waals surface area contributed by atoms with Gasteiger partial charge in [0.2, 0.25) is 5.91 Å². The van der Waals surface area contributed by atoms with E-state index < -0.39 is 0 Å². The number of nitrogens with one attached hydrogen (secondary N) is 1. The molecular weight excluding hydrogens is 434 g/mol. The summed E-state index contributed by atoms with van der Waals surface area (Å²) in [6.07, 6.45) is 4.14. The Kier molecular flexibility index (Phi) is 7.91. The van der Waals surface area contributed by atoms with Gasteiger partial charge in [0.05, 0.1) is 12.3 Å². The molecule has 3 aromatic rings. The summed E-state index contributed by atoms with van der Waals surface area (Å²) < 4.78 is 2.07. The zero-order chi connectivity index (χ0) is 23.0. The summed E-state index contributed by atoms with van der Waals surface area (Å²) in [6, 6.07) is 17.1. The van der Waals surface area contributed by atoms with Crippen molar-refractivity contribution in [2.75, 3.05) is 24.2 Å². The van der Waals surface area contributed by atoms with Crippen LogP contribution in [0.4, 0.5) is 5.69 Å². The summed E-state index contributed by atoms with van der Waals surface area (Å²) in [5.41, 5.74) is 2.30. The molecule has 8 heteroatoms. The first kappa shape index (κ1) is 23.2. The van der Waals surface area contributed by atoms with Crippen LogP contribution in [0.3, 0.4) is 0 Å². The van der Waals surface area contributed by atoms with E-state index in [1.807, 2.05) is 30.3 Å². The second-order valence-electron chi connectivity index (χ2n) is 8.10. The Labute approximate surface area is 198 Å². The zero-order valence-corrected chi connectivity index (χ0v) is 19.7. The van der Waals surface area contributed by atoms with Crippen molar-refractivity contribution in [2.45, 2.75) is 44.3 Å². The van der Waals surface area contributed by atoms with E-state index in [4.69, 9.17) is 0 Å². The first-order valence-corrected chi connectivity index (χ1v) is 12.4. The van der Waals surface area contributed by atoms with E-state index in [9.17, 15) is 9.59 Å². The van der Waals surface area contributed by atoms with Crippen LogP contribution >= 0.6 is 11.8 Å². The van der Waals surface area contributed by atoms with Gasteiger partial charge in [-0.3, -0.25) is 19.1 Å². The molecule has 0 atom stereocenters. The summed E-state index contributed by atoms with van der Waals surface area (Å²) in [5, 5.41) is 12.4. The summed E-state index contributed by atoms with van der Waals surface area (Å²) >= 11 is 1.40. The lowest BCUT2D eigenvalue weighted by Gasteiger charge is -2.26. The molecule has 7 nitrogen and oxygen atoms in total. The number of piperidine rings is 1. The number of nitrogens with zero attached hydrogens (tertiary/aromatic N) is 4. The van der Waals surface area contributed by atoms with Crippen molar-refractivity contribution >= 4 is 29.1 Å². The van der Waals surface area contributed by atoms with Crippen molar-refractivity contribution in [3.8, 4) is 5.69 Å². The van der Waals surface area contributed by atoms with Gasteiger partial charge in [-0.05, 0) is 62.3 Å². The number of carbonyl (C=O) groups excluding carboxylic acids is 2. The van der Waals surface area contributed by atoms with E-state index >= 15 is 0 Å². The molecule has 1 aliphatic heterocycles. The van der Waals surface area contributed by atoms with Gasteiger partial charge in [-0.25, -0.2) is 0 Å². The Morgan fingerprint density at radius 1 is 0.970 bits per heavy atom. The monoisotopic (exact) mass is 463 g/mol. The number of rotatable bonds is 9. The summed E-state index contributed by atoms with van der Waals surface area (Å²) in [4.78, 5) is 26.8. The lowest BCUT2D eigenvalue weighted by molar-refractivity contribution is -0.115. The Hall–Kier alpha value is -2.97. The Morgan fingerprint density at radius 2 is 1.70 bits per heavy atom. The van der Waals surface area contributed by atoms with Gasteiger partial charge in [-0.15, -0.1) is 10.2 Å². The van der Waals surface area contributed by atoms with Crippen LogP contribution in [-0.4, -0.2) is 50.2 Å². The number of para-hydroxylation sites is 1. The van der Waals surface area contributed by atoms with Crippen LogP contribution in [0.1, 0.15) is 48.8 Å². The predicted molar refractivity (Wildman–Crippen MR) is 131 cm³/mol. The number of benzene rings is 2. The second-order valence-corrected chi connectivity index (χ2v) is 9.04. The van der Waals surface area contributed by atoms with Crippen molar-refractivity contribution in [1.82, 2.24) is 19.7 Å². The van der Waals surface area contributed by atoms with E-state index in [-0.39, 0.29) is 17.4 Å². The van der Waals surface area contributed by atoms with Gasteiger partial charge in [0.1, 0.15) is 0 Å². The molecule has 1 fully saturated rings. The third-order valence-corrected chi connectivity index (χ3v) is 6.60. The quantitative estimate of drug-likeness (QED) is 0.370. The van der Waals surface area contributed by atoms with Gasteiger partial charge in [0.15, 0.2) is 16.8 Å². The Bertz CT molecular complexity index is 1080. The number of likely N-dealkylation sites (tertiary alicyclic amines) is 1. The molecule has 1 aromatic heterocycles. The lowest BCUT2D eigenvalue weighted by Crippen LogP contribution is -2.30. The highest BCUT2D eigenvalue weighted by Crippen LogP contribution is 2.24. The molecule has 0 bridgehead atoms. The predicted octanol–water partition coefficient (Wildman–Crippen LogP) is 4.58. The third kappa shape index (κ3) is 6.09. The van der Waals surface area contributed by atoms with Crippen molar-refractivity contribution in [1.29, 1.82) is 0 Å². The SMILES string of the molecule is CCC(=O)Nc1ccc(C(=O)CSc2nnc(CN3CCCCC3)n2-c2ccccc2)cc1. The molecule has 0 spiro atoms. The molecule has 1 N–H and O–H groups in total. The number of hydrogen-bond donors (Lipinski definition) is 1. The Balaban J connectivity index is 1.47. The average molecular weight is 464 g/mol. The van der Waals surface area contributed by atoms with Crippen molar-refractivity contribution in [2.24, 2.45) is 0 Å².